The number of nitrogens with one attached hydrogen (secondary N) is 2. The maximum atomic E-state index is 12.1. The minimum absolute atomic E-state index is 0. The summed E-state index contributed by atoms with van der Waals surface area (Å²) in [6, 6.07) is 7.85. The number of halogens is 4. The molecule has 0 aliphatic carbocycles. The topological polar surface area (TPSA) is 45.7 Å². The van der Waals surface area contributed by atoms with Crippen LogP contribution in [0.1, 0.15) is 38.3 Å². The zero-order chi connectivity index (χ0) is 18.2. The first-order chi connectivity index (χ1) is 11.1. The van der Waals surface area contributed by atoms with Crippen LogP contribution in [0.5, 0.6) is 0 Å². The van der Waals surface area contributed by atoms with E-state index in [2.05, 4.69) is 15.6 Å². The Kier molecular flexibility index (Phi) is 10.4. The van der Waals surface area contributed by atoms with E-state index in [1.165, 1.54) is 7.05 Å². The fraction of sp³-hybridized carbons (Fsp3) is 0.588. The molecule has 0 heterocycles. The molecule has 25 heavy (non-hydrogen) atoms. The maximum absolute atomic E-state index is 12.1. The Morgan fingerprint density at radius 3 is 2.32 bits per heavy atom. The van der Waals surface area contributed by atoms with Crippen LogP contribution in [0.4, 0.5) is 13.2 Å². The van der Waals surface area contributed by atoms with Crippen molar-refractivity contribution in [2.45, 2.75) is 52.1 Å². The van der Waals surface area contributed by atoms with E-state index in [1.54, 1.807) is 0 Å². The van der Waals surface area contributed by atoms with E-state index in [9.17, 15) is 13.2 Å². The molecule has 0 aromatic heterocycles. The number of hydrogen-bond acceptors (Lipinski definition) is 2. The molecule has 8 heteroatoms. The number of nitrogens with zero attached hydrogens (tertiary/aromatic N) is 1. The number of benzene rings is 1. The zero-order valence-electron chi connectivity index (χ0n) is 15.0. The van der Waals surface area contributed by atoms with E-state index in [-0.39, 0.29) is 36.1 Å². The predicted octanol–water partition coefficient (Wildman–Crippen LogP) is 4.24. The minimum atomic E-state index is -4.17. The van der Waals surface area contributed by atoms with E-state index in [1.807, 2.05) is 45.0 Å². The lowest BCUT2D eigenvalue weighted by atomic mass is 10.1. The zero-order valence-corrected chi connectivity index (χ0v) is 17.4. The summed E-state index contributed by atoms with van der Waals surface area (Å²) in [7, 11) is 1.52. The standard InChI is InChI=1S/C17H26F3N3O.HI/c1-16(2,3)24-12-14-7-5-6-13(10-14)11-23-15(21-4)22-9-8-17(18,19)20;/h5-7,10H,8-9,11-12H2,1-4H3,(H2,21,22,23);1H. The second-order valence-electron chi connectivity index (χ2n) is 6.44. The summed E-state index contributed by atoms with van der Waals surface area (Å²) in [5, 5.41) is 5.65. The molecule has 2 N–H and O–H groups in total. The fourth-order valence-corrected chi connectivity index (χ4v) is 1.86. The van der Waals surface area contributed by atoms with Gasteiger partial charge in [0.15, 0.2) is 5.96 Å². The van der Waals surface area contributed by atoms with E-state index < -0.39 is 12.6 Å². The summed E-state index contributed by atoms with van der Waals surface area (Å²) < 4.78 is 42.2. The Balaban J connectivity index is 0.00000576. The Labute approximate surface area is 164 Å². The summed E-state index contributed by atoms with van der Waals surface area (Å²) in [5.41, 5.74) is 1.84. The number of guanidine groups is 1. The van der Waals surface area contributed by atoms with Gasteiger partial charge in [0.1, 0.15) is 0 Å². The highest BCUT2D eigenvalue weighted by Gasteiger charge is 2.26. The monoisotopic (exact) mass is 473 g/mol. The van der Waals surface area contributed by atoms with Crippen molar-refractivity contribution < 1.29 is 17.9 Å². The lowest BCUT2D eigenvalue weighted by Crippen LogP contribution is -2.38. The van der Waals surface area contributed by atoms with Crippen molar-refractivity contribution in [2.75, 3.05) is 13.6 Å². The van der Waals surface area contributed by atoms with Crippen LogP contribution in [0.15, 0.2) is 29.3 Å². The SMILES string of the molecule is CN=C(NCCC(F)(F)F)NCc1cccc(COC(C)(C)C)c1.I. The van der Waals surface area contributed by atoms with E-state index in [0.717, 1.165) is 11.1 Å². The minimum Gasteiger partial charge on any atom is -0.371 e. The first-order valence-electron chi connectivity index (χ1n) is 7.82. The van der Waals surface area contributed by atoms with Crippen molar-refractivity contribution in [3.63, 3.8) is 0 Å². The van der Waals surface area contributed by atoms with Gasteiger partial charge in [-0.1, -0.05) is 24.3 Å². The molecule has 0 atom stereocenters. The van der Waals surface area contributed by atoms with Crippen LogP contribution < -0.4 is 10.6 Å². The summed E-state index contributed by atoms with van der Waals surface area (Å²) in [4.78, 5) is 3.92. The average molecular weight is 473 g/mol. The van der Waals surface area contributed by atoms with Crippen LogP contribution in [0.2, 0.25) is 0 Å². The molecule has 0 fully saturated rings. The van der Waals surface area contributed by atoms with Crippen LogP contribution in [0, 0.1) is 0 Å². The molecule has 144 valence electrons. The Morgan fingerprint density at radius 2 is 1.76 bits per heavy atom. The van der Waals surface area contributed by atoms with Gasteiger partial charge in [-0.3, -0.25) is 4.99 Å². The number of alkyl halides is 3. The Morgan fingerprint density at radius 1 is 1.12 bits per heavy atom. The van der Waals surface area contributed by atoms with E-state index >= 15 is 0 Å². The molecule has 0 spiro atoms. The van der Waals surface area contributed by atoms with Crippen LogP contribution in [0.25, 0.3) is 0 Å². The molecule has 0 radical (unpaired) electrons. The Bertz CT molecular complexity index is 543. The van der Waals surface area contributed by atoms with Gasteiger partial charge >= 0.3 is 6.18 Å². The predicted molar refractivity (Wildman–Crippen MR) is 105 cm³/mol. The van der Waals surface area contributed by atoms with Crippen LogP contribution in [-0.4, -0.2) is 31.3 Å². The molecule has 0 saturated heterocycles. The molecule has 0 aliphatic rings. The maximum Gasteiger partial charge on any atom is 0.390 e. The Hall–Kier alpha value is -1.03. The van der Waals surface area contributed by atoms with Gasteiger partial charge < -0.3 is 15.4 Å². The van der Waals surface area contributed by atoms with Gasteiger partial charge in [0, 0.05) is 20.1 Å². The van der Waals surface area contributed by atoms with Crippen molar-refractivity contribution in [1.82, 2.24) is 10.6 Å². The molecule has 4 nitrogen and oxygen atoms in total. The number of rotatable bonds is 6. The second-order valence-corrected chi connectivity index (χ2v) is 6.44. The van der Waals surface area contributed by atoms with Gasteiger partial charge in [0.2, 0.25) is 0 Å². The van der Waals surface area contributed by atoms with Crippen LogP contribution in [0.3, 0.4) is 0 Å². The third kappa shape index (κ3) is 12.0. The third-order valence-electron chi connectivity index (χ3n) is 3.05. The smallest absolute Gasteiger partial charge is 0.371 e. The number of ether oxygens (including phenoxy) is 1. The lowest BCUT2D eigenvalue weighted by molar-refractivity contribution is -0.132. The van der Waals surface area contributed by atoms with Gasteiger partial charge in [-0.25, -0.2) is 0 Å². The highest BCUT2D eigenvalue weighted by molar-refractivity contribution is 14.0. The molecule has 1 aromatic carbocycles. The summed E-state index contributed by atoms with van der Waals surface area (Å²) in [6.07, 6.45) is -5.07. The first-order valence-corrected chi connectivity index (χ1v) is 7.82. The molecule has 0 bridgehead atoms. The van der Waals surface area contributed by atoms with Crippen molar-refractivity contribution in [1.29, 1.82) is 0 Å². The summed E-state index contributed by atoms with van der Waals surface area (Å²) >= 11 is 0. The first kappa shape index (κ1) is 24.0. The number of aliphatic imine (C=N–C) groups is 1. The normalized spacial score (nSPS) is 12.5. The molecule has 1 rings (SSSR count). The van der Waals surface area contributed by atoms with Gasteiger partial charge in [-0.15, -0.1) is 24.0 Å². The molecule has 0 unspecified atom stereocenters. The number of hydrogen-bond donors (Lipinski definition) is 2. The largest absolute Gasteiger partial charge is 0.390 e. The third-order valence-corrected chi connectivity index (χ3v) is 3.05. The van der Waals surface area contributed by atoms with Gasteiger partial charge in [0.05, 0.1) is 18.6 Å². The van der Waals surface area contributed by atoms with Gasteiger partial charge in [-0.2, -0.15) is 13.2 Å². The van der Waals surface area contributed by atoms with Crippen molar-refractivity contribution in [3.05, 3.63) is 35.4 Å². The van der Waals surface area contributed by atoms with Crippen LogP contribution >= 0.6 is 24.0 Å². The quantitative estimate of drug-likeness (QED) is 0.369. The molecule has 1 aromatic rings. The molecular weight excluding hydrogens is 446 g/mol. The van der Waals surface area contributed by atoms with E-state index in [0.29, 0.717) is 19.1 Å². The lowest BCUT2D eigenvalue weighted by Gasteiger charge is -2.19. The summed E-state index contributed by atoms with van der Waals surface area (Å²) in [5.74, 6) is 0.343. The average Bonchev–Trinajstić information content (AvgIpc) is 2.47. The molecule has 0 aliphatic heterocycles. The van der Waals surface area contributed by atoms with Crippen molar-refractivity contribution >= 4 is 29.9 Å². The highest BCUT2D eigenvalue weighted by Crippen LogP contribution is 2.18. The molecule has 0 amide bonds. The van der Waals surface area contributed by atoms with Gasteiger partial charge in [0.25, 0.3) is 0 Å². The summed E-state index contributed by atoms with van der Waals surface area (Å²) in [6.45, 7) is 6.76. The fourth-order valence-electron chi connectivity index (χ4n) is 1.86. The molecular formula is C17H27F3IN3O. The highest BCUT2D eigenvalue weighted by atomic mass is 127. The van der Waals surface area contributed by atoms with E-state index in [4.69, 9.17) is 4.74 Å². The van der Waals surface area contributed by atoms with Gasteiger partial charge in [-0.05, 0) is 31.9 Å². The van der Waals surface area contributed by atoms with Crippen LogP contribution in [-0.2, 0) is 17.9 Å². The van der Waals surface area contributed by atoms with Crippen molar-refractivity contribution in [3.8, 4) is 0 Å². The van der Waals surface area contributed by atoms with Crippen molar-refractivity contribution in [2.24, 2.45) is 4.99 Å². The molecule has 0 saturated carbocycles. The second kappa shape index (κ2) is 10.8.